The summed E-state index contributed by atoms with van der Waals surface area (Å²) in [5.74, 6) is -0.0852. The second-order valence-corrected chi connectivity index (χ2v) is 4.67. The highest BCUT2D eigenvalue weighted by Gasteiger charge is 2.26. The lowest BCUT2D eigenvalue weighted by Gasteiger charge is -2.19. The molecule has 0 aliphatic heterocycles. The van der Waals surface area contributed by atoms with Gasteiger partial charge in [-0.2, -0.15) is 4.98 Å². The molecule has 2 N–H and O–H groups in total. The number of nitrogens with one attached hydrogen (secondary N) is 1. The van der Waals surface area contributed by atoms with E-state index >= 15 is 0 Å². The maximum absolute atomic E-state index is 10.9. The standard InChI is InChI=1S/C13H15N3O3/c1-13(2,12(17)18)14-8-10-15-11(19-16-10)9-6-4-3-5-7-9/h3-7,14H,8H2,1-2H3,(H,17,18). The van der Waals surface area contributed by atoms with E-state index in [0.29, 0.717) is 11.7 Å². The van der Waals surface area contributed by atoms with Crippen LogP contribution >= 0.6 is 0 Å². The second-order valence-electron chi connectivity index (χ2n) is 4.67. The van der Waals surface area contributed by atoms with Gasteiger partial charge in [0, 0.05) is 5.56 Å². The molecule has 0 amide bonds. The largest absolute Gasteiger partial charge is 0.480 e. The summed E-state index contributed by atoms with van der Waals surface area (Å²) in [6, 6.07) is 9.39. The Morgan fingerprint density at radius 1 is 1.37 bits per heavy atom. The third-order valence-electron chi connectivity index (χ3n) is 2.71. The molecule has 0 saturated carbocycles. The topological polar surface area (TPSA) is 88.3 Å². The quantitative estimate of drug-likeness (QED) is 0.851. The highest BCUT2D eigenvalue weighted by atomic mass is 16.5. The number of aromatic nitrogens is 2. The number of hydrogen-bond donors (Lipinski definition) is 2. The number of carbonyl (C=O) groups is 1. The first-order chi connectivity index (χ1) is 8.99. The van der Waals surface area contributed by atoms with Crippen LogP contribution in [0.5, 0.6) is 0 Å². The molecule has 0 radical (unpaired) electrons. The zero-order valence-electron chi connectivity index (χ0n) is 10.8. The van der Waals surface area contributed by atoms with E-state index in [1.165, 1.54) is 0 Å². The van der Waals surface area contributed by atoms with Crippen LogP contribution in [0.2, 0.25) is 0 Å². The molecule has 1 aromatic carbocycles. The van der Waals surface area contributed by atoms with Gasteiger partial charge in [-0.3, -0.25) is 10.1 Å². The van der Waals surface area contributed by atoms with Gasteiger partial charge in [-0.25, -0.2) is 0 Å². The van der Waals surface area contributed by atoms with Crippen molar-refractivity contribution in [2.75, 3.05) is 0 Å². The number of benzene rings is 1. The maximum atomic E-state index is 10.9. The molecule has 0 spiro atoms. The van der Waals surface area contributed by atoms with E-state index in [4.69, 9.17) is 9.63 Å². The van der Waals surface area contributed by atoms with Gasteiger partial charge in [0.1, 0.15) is 5.54 Å². The van der Waals surface area contributed by atoms with Crippen molar-refractivity contribution in [2.24, 2.45) is 0 Å². The minimum Gasteiger partial charge on any atom is -0.480 e. The van der Waals surface area contributed by atoms with E-state index in [1.807, 2.05) is 30.3 Å². The Morgan fingerprint density at radius 3 is 2.68 bits per heavy atom. The summed E-state index contributed by atoms with van der Waals surface area (Å²) in [6.45, 7) is 3.39. The Morgan fingerprint density at radius 2 is 2.05 bits per heavy atom. The highest BCUT2D eigenvalue weighted by Crippen LogP contribution is 2.16. The zero-order valence-corrected chi connectivity index (χ0v) is 10.8. The van der Waals surface area contributed by atoms with E-state index in [-0.39, 0.29) is 6.54 Å². The molecule has 2 aromatic rings. The molecular weight excluding hydrogens is 246 g/mol. The molecular formula is C13H15N3O3. The van der Waals surface area contributed by atoms with Crippen LogP contribution in [0.1, 0.15) is 19.7 Å². The van der Waals surface area contributed by atoms with Gasteiger partial charge in [0.05, 0.1) is 6.54 Å². The first-order valence-electron chi connectivity index (χ1n) is 5.85. The Hall–Kier alpha value is -2.21. The van der Waals surface area contributed by atoms with E-state index in [2.05, 4.69) is 15.5 Å². The van der Waals surface area contributed by atoms with E-state index < -0.39 is 11.5 Å². The van der Waals surface area contributed by atoms with E-state index in [0.717, 1.165) is 5.56 Å². The van der Waals surface area contributed by atoms with Crippen molar-refractivity contribution in [1.29, 1.82) is 0 Å². The Labute approximate surface area is 110 Å². The van der Waals surface area contributed by atoms with Gasteiger partial charge in [-0.05, 0) is 26.0 Å². The molecule has 19 heavy (non-hydrogen) atoms. The fourth-order valence-corrected chi connectivity index (χ4v) is 1.40. The molecule has 100 valence electrons. The minimum absolute atomic E-state index is 0.232. The smallest absolute Gasteiger partial charge is 0.323 e. The summed E-state index contributed by atoms with van der Waals surface area (Å²) in [5.41, 5.74) is -0.202. The lowest BCUT2D eigenvalue weighted by Crippen LogP contribution is -2.46. The predicted octanol–water partition coefficient (Wildman–Crippen LogP) is 1.69. The van der Waals surface area contributed by atoms with Gasteiger partial charge in [-0.1, -0.05) is 23.4 Å². The average molecular weight is 261 g/mol. The van der Waals surface area contributed by atoms with Crippen LogP contribution in [0.4, 0.5) is 0 Å². The van der Waals surface area contributed by atoms with Crippen molar-refractivity contribution in [2.45, 2.75) is 25.9 Å². The SMILES string of the molecule is CC(C)(NCc1noc(-c2ccccc2)n1)C(=O)O. The van der Waals surface area contributed by atoms with Crippen molar-refractivity contribution in [1.82, 2.24) is 15.5 Å². The third kappa shape index (κ3) is 3.17. The van der Waals surface area contributed by atoms with Crippen LogP contribution in [0.25, 0.3) is 11.5 Å². The summed E-state index contributed by atoms with van der Waals surface area (Å²) in [7, 11) is 0. The fraction of sp³-hybridized carbons (Fsp3) is 0.308. The predicted molar refractivity (Wildman–Crippen MR) is 68.3 cm³/mol. The van der Waals surface area contributed by atoms with Gasteiger partial charge in [0.2, 0.25) is 0 Å². The fourth-order valence-electron chi connectivity index (χ4n) is 1.40. The van der Waals surface area contributed by atoms with E-state index in [9.17, 15) is 4.79 Å². The number of carboxylic acid groups (broad SMARTS) is 1. The van der Waals surface area contributed by atoms with Gasteiger partial charge in [0.15, 0.2) is 5.82 Å². The maximum Gasteiger partial charge on any atom is 0.323 e. The van der Waals surface area contributed by atoms with Gasteiger partial charge < -0.3 is 9.63 Å². The summed E-state index contributed by atoms with van der Waals surface area (Å²) in [4.78, 5) is 15.2. The summed E-state index contributed by atoms with van der Waals surface area (Å²) in [6.07, 6.45) is 0. The molecule has 0 atom stereocenters. The molecule has 0 aliphatic rings. The first-order valence-corrected chi connectivity index (χ1v) is 5.85. The average Bonchev–Trinajstić information content (AvgIpc) is 2.86. The Bertz CT molecular complexity index is 564. The van der Waals surface area contributed by atoms with Gasteiger partial charge in [-0.15, -0.1) is 0 Å². The number of hydrogen-bond acceptors (Lipinski definition) is 5. The van der Waals surface area contributed by atoms with Crippen molar-refractivity contribution >= 4 is 5.97 Å². The molecule has 6 nitrogen and oxygen atoms in total. The van der Waals surface area contributed by atoms with Crippen molar-refractivity contribution in [3.05, 3.63) is 36.2 Å². The molecule has 0 saturated heterocycles. The normalized spacial score (nSPS) is 11.5. The molecule has 0 unspecified atom stereocenters. The Kier molecular flexibility index (Phi) is 3.62. The van der Waals surface area contributed by atoms with Crippen molar-refractivity contribution in [3.8, 4) is 11.5 Å². The second kappa shape index (κ2) is 5.19. The third-order valence-corrected chi connectivity index (χ3v) is 2.71. The monoisotopic (exact) mass is 261 g/mol. The minimum atomic E-state index is -1.03. The lowest BCUT2D eigenvalue weighted by molar-refractivity contribution is -0.143. The molecule has 0 bridgehead atoms. The van der Waals surface area contributed by atoms with Crippen LogP contribution in [0.15, 0.2) is 34.9 Å². The van der Waals surface area contributed by atoms with Gasteiger partial charge in [0.25, 0.3) is 5.89 Å². The molecule has 0 aliphatic carbocycles. The van der Waals surface area contributed by atoms with E-state index in [1.54, 1.807) is 13.8 Å². The number of nitrogens with zero attached hydrogens (tertiary/aromatic N) is 2. The summed E-state index contributed by atoms with van der Waals surface area (Å²) < 4.78 is 5.13. The zero-order chi connectivity index (χ0) is 13.9. The molecule has 0 fully saturated rings. The van der Waals surface area contributed by atoms with Gasteiger partial charge >= 0.3 is 5.97 Å². The summed E-state index contributed by atoms with van der Waals surface area (Å²) >= 11 is 0. The number of aliphatic carboxylic acids is 1. The lowest BCUT2D eigenvalue weighted by atomic mass is 10.1. The number of carboxylic acids is 1. The van der Waals surface area contributed by atoms with Crippen LogP contribution in [-0.2, 0) is 11.3 Å². The molecule has 2 rings (SSSR count). The molecule has 6 heteroatoms. The van der Waals surface area contributed by atoms with Crippen LogP contribution in [0, 0.1) is 0 Å². The molecule has 1 heterocycles. The van der Waals surface area contributed by atoms with Crippen LogP contribution in [-0.4, -0.2) is 26.8 Å². The van der Waals surface area contributed by atoms with Crippen molar-refractivity contribution in [3.63, 3.8) is 0 Å². The van der Waals surface area contributed by atoms with Crippen LogP contribution in [0.3, 0.4) is 0 Å². The highest BCUT2D eigenvalue weighted by molar-refractivity contribution is 5.77. The Balaban J connectivity index is 2.05. The first kappa shape index (κ1) is 13.2. The summed E-state index contributed by atoms with van der Waals surface area (Å²) in [5, 5.41) is 15.6. The van der Waals surface area contributed by atoms with Crippen molar-refractivity contribution < 1.29 is 14.4 Å². The molecule has 1 aromatic heterocycles. The van der Waals surface area contributed by atoms with Crippen LogP contribution < -0.4 is 5.32 Å². The number of rotatable bonds is 5.